The number of primary amides is 1. The van der Waals surface area contributed by atoms with Crippen LogP contribution in [0.25, 0.3) is 11.4 Å². The second-order valence-corrected chi connectivity index (χ2v) is 10.9. The molecule has 3 N–H and O–H groups in total. The Morgan fingerprint density at radius 2 is 1.86 bits per heavy atom. The van der Waals surface area contributed by atoms with Crippen LogP contribution in [0.15, 0.2) is 41.4 Å². The van der Waals surface area contributed by atoms with Gasteiger partial charge in [0.15, 0.2) is 5.82 Å². The van der Waals surface area contributed by atoms with Crippen LogP contribution in [0.5, 0.6) is 0 Å². The number of hydrogen-bond acceptors (Lipinski definition) is 7. The van der Waals surface area contributed by atoms with Crippen molar-refractivity contribution in [2.45, 2.75) is 36.6 Å². The van der Waals surface area contributed by atoms with Crippen molar-refractivity contribution in [3.8, 4) is 11.4 Å². The Morgan fingerprint density at radius 3 is 2.51 bits per heavy atom. The highest BCUT2D eigenvalue weighted by molar-refractivity contribution is 7.89. The van der Waals surface area contributed by atoms with E-state index in [-0.39, 0.29) is 35.5 Å². The number of anilines is 1. The summed E-state index contributed by atoms with van der Waals surface area (Å²) in [6, 6.07) is 9.00. The summed E-state index contributed by atoms with van der Waals surface area (Å²) in [6.07, 6.45) is 4.26. The molecule has 0 radical (unpaired) electrons. The first kappa shape index (κ1) is 23.2. The molecule has 0 bridgehead atoms. The summed E-state index contributed by atoms with van der Waals surface area (Å²) in [7, 11) is -2.22. The molecule has 1 aliphatic carbocycles. The molecule has 0 unspecified atom stereocenters. The highest BCUT2D eigenvalue weighted by Gasteiger charge is 2.33. The van der Waals surface area contributed by atoms with Gasteiger partial charge in [-0.05, 0) is 54.3 Å². The fourth-order valence-electron chi connectivity index (χ4n) is 4.36. The van der Waals surface area contributed by atoms with Crippen molar-refractivity contribution in [2.24, 2.45) is 18.7 Å². The smallest absolute Gasteiger partial charge is 0.265 e. The van der Waals surface area contributed by atoms with E-state index in [1.807, 2.05) is 22.9 Å². The number of tetrazole rings is 1. The number of aryl methyl sites for hydroxylation is 1. The van der Waals surface area contributed by atoms with Gasteiger partial charge in [0, 0.05) is 43.5 Å². The number of nitrogens with one attached hydrogen (secondary N) is 1. The molecule has 3 aromatic rings. The van der Waals surface area contributed by atoms with Gasteiger partial charge in [-0.1, -0.05) is 12.1 Å². The van der Waals surface area contributed by atoms with E-state index >= 15 is 0 Å². The van der Waals surface area contributed by atoms with Gasteiger partial charge >= 0.3 is 0 Å². The Labute approximate surface area is 202 Å². The number of hydrogen-bond donors (Lipinski definition) is 2. The number of nitrogens with zero attached hydrogens (tertiary/aromatic N) is 6. The fourth-order valence-corrected chi connectivity index (χ4v) is 5.90. The molecule has 12 nitrogen and oxygen atoms in total. The number of carbonyl (C=O) groups is 2. The summed E-state index contributed by atoms with van der Waals surface area (Å²) in [5.74, 6) is -0.504. The highest BCUT2D eigenvalue weighted by Crippen LogP contribution is 2.37. The van der Waals surface area contributed by atoms with Crippen LogP contribution in [0.3, 0.4) is 0 Å². The molecule has 2 aliphatic rings. The maximum Gasteiger partial charge on any atom is 0.265 e. The number of aromatic nitrogens is 5. The molecule has 35 heavy (non-hydrogen) atoms. The third-order valence-corrected chi connectivity index (χ3v) is 8.33. The first-order valence-corrected chi connectivity index (χ1v) is 12.8. The Hall–Kier alpha value is -3.58. The fraction of sp³-hybridized carbons (Fsp3) is 0.409. The molecule has 1 aromatic carbocycles. The van der Waals surface area contributed by atoms with Gasteiger partial charge in [0.2, 0.25) is 15.9 Å². The molecule has 2 amide bonds. The molecule has 0 spiro atoms. The molecule has 1 saturated carbocycles. The van der Waals surface area contributed by atoms with E-state index in [2.05, 4.69) is 20.8 Å². The average molecular weight is 499 g/mol. The number of nitrogens with two attached hydrogens (primary N) is 1. The van der Waals surface area contributed by atoms with Gasteiger partial charge in [-0.3, -0.25) is 9.59 Å². The number of benzene rings is 1. The topological polar surface area (TPSA) is 158 Å². The van der Waals surface area contributed by atoms with Crippen LogP contribution in [-0.4, -0.2) is 62.4 Å². The van der Waals surface area contributed by atoms with Crippen LogP contribution in [0.4, 0.5) is 5.69 Å². The third kappa shape index (κ3) is 4.56. The summed E-state index contributed by atoms with van der Waals surface area (Å²) in [5.41, 5.74) is 6.87. The molecular weight excluding hydrogens is 472 g/mol. The summed E-state index contributed by atoms with van der Waals surface area (Å²) in [4.78, 5) is 24.4. The van der Waals surface area contributed by atoms with Crippen molar-refractivity contribution < 1.29 is 18.0 Å². The van der Waals surface area contributed by atoms with E-state index in [0.717, 1.165) is 18.4 Å². The number of amides is 2. The van der Waals surface area contributed by atoms with Gasteiger partial charge in [0.1, 0.15) is 10.6 Å². The molecule has 3 heterocycles. The molecule has 1 saturated heterocycles. The first-order chi connectivity index (χ1) is 16.7. The van der Waals surface area contributed by atoms with Crippen LogP contribution >= 0.6 is 0 Å². The summed E-state index contributed by atoms with van der Waals surface area (Å²) >= 11 is 0. The molecular formula is C22H26N8O4S. The largest absolute Gasteiger partial charge is 0.364 e. The number of piperidine rings is 1. The number of rotatable bonds is 7. The van der Waals surface area contributed by atoms with Gasteiger partial charge < -0.3 is 15.6 Å². The van der Waals surface area contributed by atoms with Gasteiger partial charge in [-0.2, -0.15) is 4.31 Å². The van der Waals surface area contributed by atoms with Crippen molar-refractivity contribution >= 4 is 27.5 Å². The first-order valence-electron chi connectivity index (χ1n) is 11.4. The normalized spacial score (nSPS) is 17.4. The molecule has 1 aliphatic heterocycles. The maximum atomic E-state index is 13.0. The van der Waals surface area contributed by atoms with E-state index in [1.165, 1.54) is 21.1 Å². The average Bonchev–Trinajstić information content (AvgIpc) is 3.41. The van der Waals surface area contributed by atoms with Crippen molar-refractivity contribution in [3.05, 3.63) is 42.2 Å². The predicted molar refractivity (Wildman–Crippen MR) is 126 cm³/mol. The van der Waals surface area contributed by atoms with E-state index in [0.29, 0.717) is 30.4 Å². The summed E-state index contributed by atoms with van der Waals surface area (Å²) in [6.45, 7) is 0.412. The third-order valence-electron chi connectivity index (χ3n) is 6.47. The van der Waals surface area contributed by atoms with Crippen LogP contribution in [-0.2, 0) is 21.9 Å². The van der Waals surface area contributed by atoms with Gasteiger partial charge in [-0.15, -0.1) is 5.10 Å². The van der Waals surface area contributed by atoms with E-state index in [9.17, 15) is 18.0 Å². The van der Waals surface area contributed by atoms with E-state index < -0.39 is 15.9 Å². The van der Waals surface area contributed by atoms with Gasteiger partial charge in [0.05, 0.1) is 6.04 Å². The van der Waals surface area contributed by atoms with Crippen molar-refractivity contribution in [1.29, 1.82) is 0 Å². The minimum absolute atomic E-state index is 0.0158. The summed E-state index contributed by atoms with van der Waals surface area (Å²) < 4.78 is 30.6. The second kappa shape index (κ2) is 8.89. The quantitative estimate of drug-likeness (QED) is 0.494. The van der Waals surface area contributed by atoms with Crippen LogP contribution in [0.1, 0.15) is 42.2 Å². The SMILES string of the molecule is Cn1cc(S(=O)(=O)N2CCC(C(=O)Nc3cccc(-c4nnnn4C4CC4)c3)CC2)cc1C(N)=O. The lowest BCUT2D eigenvalue weighted by atomic mass is 9.97. The molecule has 2 fully saturated rings. The lowest BCUT2D eigenvalue weighted by Gasteiger charge is -2.30. The van der Waals surface area contributed by atoms with E-state index in [1.54, 1.807) is 13.1 Å². The Bertz CT molecular complexity index is 1380. The minimum Gasteiger partial charge on any atom is -0.364 e. The highest BCUT2D eigenvalue weighted by atomic mass is 32.2. The van der Waals surface area contributed by atoms with Gasteiger partial charge in [-0.25, -0.2) is 13.1 Å². The summed E-state index contributed by atoms with van der Waals surface area (Å²) in [5, 5.41) is 14.9. The second-order valence-electron chi connectivity index (χ2n) is 8.96. The number of sulfonamides is 1. The van der Waals surface area contributed by atoms with Crippen LogP contribution < -0.4 is 11.1 Å². The zero-order valence-corrected chi connectivity index (χ0v) is 20.0. The maximum absolute atomic E-state index is 13.0. The molecule has 0 atom stereocenters. The Morgan fingerprint density at radius 1 is 1.11 bits per heavy atom. The zero-order chi connectivity index (χ0) is 24.7. The molecule has 5 rings (SSSR count). The van der Waals surface area contributed by atoms with Crippen molar-refractivity contribution in [3.63, 3.8) is 0 Å². The Balaban J connectivity index is 1.22. The lowest BCUT2D eigenvalue weighted by Crippen LogP contribution is -2.41. The minimum atomic E-state index is -3.79. The number of carbonyl (C=O) groups excluding carboxylic acids is 2. The van der Waals surface area contributed by atoms with Gasteiger partial charge in [0.25, 0.3) is 5.91 Å². The zero-order valence-electron chi connectivity index (χ0n) is 19.2. The van der Waals surface area contributed by atoms with Crippen LogP contribution in [0.2, 0.25) is 0 Å². The molecule has 184 valence electrons. The monoisotopic (exact) mass is 498 g/mol. The molecule has 2 aromatic heterocycles. The lowest BCUT2D eigenvalue weighted by molar-refractivity contribution is -0.120. The van der Waals surface area contributed by atoms with E-state index in [4.69, 9.17) is 5.73 Å². The Kier molecular flexibility index (Phi) is 5.89. The van der Waals surface area contributed by atoms with Crippen molar-refractivity contribution in [1.82, 2.24) is 29.1 Å². The standard InChI is InChI=1S/C22H26N8O4S/c1-28-13-18(12-19(28)20(23)31)35(33,34)29-9-7-14(8-10-29)22(32)24-16-4-2-3-15(11-16)21-25-26-27-30(21)17-5-6-17/h2-4,11-14,17H,5-10H2,1H3,(H2,23,31)(H,24,32). The van der Waals surface area contributed by atoms with Crippen molar-refractivity contribution in [2.75, 3.05) is 18.4 Å². The van der Waals surface area contributed by atoms with Crippen LogP contribution in [0, 0.1) is 5.92 Å². The predicted octanol–water partition coefficient (Wildman–Crippen LogP) is 1.15. The molecule has 13 heteroatoms.